The van der Waals surface area contributed by atoms with Gasteiger partial charge in [0.05, 0.1) is 12.8 Å². The number of benzene rings is 1. The van der Waals surface area contributed by atoms with E-state index in [4.69, 9.17) is 4.74 Å². The summed E-state index contributed by atoms with van der Waals surface area (Å²) in [4.78, 5) is 12.2. The van der Waals surface area contributed by atoms with Crippen molar-refractivity contribution in [2.75, 3.05) is 12.4 Å². The van der Waals surface area contributed by atoms with Crippen molar-refractivity contribution >= 4 is 17.7 Å². The molecule has 0 saturated carbocycles. The fraction of sp³-hybridized carbons (Fsp3) is 0.188. The van der Waals surface area contributed by atoms with Crippen molar-refractivity contribution in [3.8, 4) is 11.8 Å². The highest BCUT2D eigenvalue weighted by atomic mass is 16.5. The molecule has 1 aromatic heterocycles. The molecule has 0 aliphatic heterocycles. The summed E-state index contributed by atoms with van der Waals surface area (Å²) in [6, 6.07) is 8.80. The second-order valence-corrected chi connectivity index (χ2v) is 4.70. The molecule has 6 heteroatoms. The molecule has 22 heavy (non-hydrogen) atoms. The van der Waals surface area contributed by atoms with Gasteiger partial charge in [-0.25, -0.2) is 0 Å². The first-order valence-corrected chi connectivity index (χ1v) is 6.64. The lowest BCUT2D eigenvalue weighted by atomic mass is 10.1. The average molecular weight is 296 g/mol. The second kappa shape index (κ2) is 6.59. The molecule has 6 nitrogen and oxygen atoms in total. The van der Waals surface area contributed by atoms with Crippen molar-refractivity contribution in [3.63, 3.8) is 0 Å². The van der Waals surface area contributed by atoms with Gasteiger partial charge in [-0.05, 0) is 44.2 Å². The van der Waals surface area contributed by atoms with E-state index in [1.165, 1.54) is 6.08 Å². The number of nitrogens with zero attached hydrogens (tertiary/aromatic N) is 2. The molecular formula is C16H16N4O2. The molecular weight excluding hydrogens is 280 g/mol. The number of carbonyl (C=O) groups is 1. The summed E-state index contributed by atoms with van der Waals surface area (Å²) >= 11 is 0. The molecule has 1 heterocycles. The van der Waals surface area contributed by atoms with E-state index in [-0.39, 0.29) is 5.57 Å². The molecule has 0 atom stereocenters. The number of aromatic amines is 1. The van der Waals surface area contributed by atoms with Crippen molar-refractivity contribution in [1.82, 2.24) is 10.2 Å². The lowest BCUT2D eigenvalue weighted by Crippen LogP contribution is -2.13. The summed E-state index contributed by atoms with van der Waals surface area (Å²) < 4.78 is 5.05. The van der Waals surface area contributed by atoms with Gasteiger partial charge in [0.25, 0.3) is 5.91 Å². The van der Waals surface area contributed by atoms with Gasteiger partial charge in [0.2, 0.25) is 0 Å². The molecule has 0 radical (unpaired) electrons. The highest BCUT2D eigenvalue weighted by molar-refractivity contribution is 6.09. The first-order valence-electron chi connectivity index (χ1n) is 6.64. The third-order valence-corrected chi connectivity index (χ3v) is 3.19. The minimum Gasteiger partial charge on any atom is -0.497 e. The smallest absolute Gasteiger partial charge is 0.266 e. The fourth-order valence-corrected chi connectivity index (χ4v) is 1.94. The Balaban J connectivity index is 2.20. The number of anilines is 1. The van der Waals surface area contributed by atoms with Gasteiger partial charge in [0.15, 0.2) is 0 Å². The van der Waals surface area contributed by atoms with Crippen LogP contribution in [-0.2, 0) is 4.79 Å². The predicted molar refractivity (Wildman–Crippen MR) is 83.3 cm³/mol. The average Bonchev–Trinajstić information content (AvgIpc) is 2.84. The van der Waals surface area contributed by atoms with E-state index in [1.54, 1.807) is 31.4 Å². The van der Waals surface area contributed by atoms with Crippen LogP contribution in [0.15, 0.2) is 29.8 Å². The number of amides is 1. The Kier molecular flexibility index (Phi) is 4.59. The summed E-state index contributed by atoms with van der Waals surface area (Å²) in [6.07, 6.45) is 1.53. The van der Waals surface area contributed by atoms with Gasteiger partial charge in [-0.15, -0.1) is 0 Å². The molecule has 0 unspecified atom stereocenters. The number of carbonyl (C=O) groups excluding carboxylic acids is 1. The molecule has 0 fully saturated rings. The molecule has 0 aliphatic carbocycles. The Bertz CT molecular complexity index is 732. The maximum Gasteiger partial charge on any atom is 0.266 e. The van der Waals surface area contributed by atoms with Gasteiger partial charge in [0.1, 0.15) is 17.4 Å². The summed E-state index contributed by atoms with van der Waals surface area (Å²) in [5.74, 6) is 0.228. The van der Waals surface area contributed by atoms with E-state index in [1.807, 2.05) is 19.9 Å². The van der Waals surface area contributed by atoms with E-state index in [2.05, 4.69) is 15.5 Å². The van der Waals surface area contributed by atoms with Gasteiger partial charge in [0, 0.05) is 16.9 Å². The van der Waals surface area contributed by atoms with Crippen LogP contribution in [0.25, 0.3) is 6.08 Å². The number of ether oxygens (including phenoxy) is 1. The zero-order valence-electron chi connectivity index (χ0n) is 12.6. The van der Waals surface area contributed by atoms with Crippen LogP contribution in [0.5, 0.6) is 5.75 Å². The summed E-state index contributed by atoms with van der Waals surface area (Å²) in [5, 5.41) is 18.7. The number of aromatic nitrogens is 2. The van der Waals surface area contributed by atoms with Crippen LogP contribution in [0.2, 0.25) is 0 Å². The lowest BCUT2D eigenvalue weighted by Gasteiger charge is -2.05. The lowest BCUT2D eigenvalue weighted by molar-refractivity contribution is -0.112. The third-order valence-electron chi connectivity index (χ3n) is 3.19. The number of H-pyrrole nitrogens is 1. The Morgan fingerprint density at radius 2 is 2.05 bits per heavy atom. The summed E-state index contributed by atoms with van der Waals surface area (Å²) in [7, 11) is 1.57. The van der Waals surface area contributed by atoms with Crippen LogP contribution in [0, 0.1) is 25.2 Å². The van der Waals surface area contributed by atoms with Gasteiger partial charge < -0.3 is 10.1 Å². The first-order chi connectivity index (χ1) is 10.5. The van der Waals surface area contributed by atoms with Crippen molar-refractivity contribution in [2.45, 2.75) is 13.8 Å². The van der Waals surface area contributed by atoms with E-state index >= 15 is 0 Å². The van der Waals surface area contributed by atoms with Crippen LogP contribution in [0.3, 0.4) is 0 Å². The summed E-state index contributed by atoms with van der Waals surface area (Å²) in [6.45, 7) is 3.65. The zero-order chi connectivity index (χ0) is 16.1. The van der Waals surface area contributed by atoms with E-state index in [0.29, 0.717) is 11.4 Å². The van der Waals surface area contributed by atoms with E-state index < -0.39 is 5.91 Å². The fourth-order valence-electron chi connectivity index (χ4n) is 1.94. The van der Waals surface area contributed by atoms with Gasteiger partial charge in [-0.2, -0.15) is 10.4 Å². The van der Waals surface area contributed by atoms with Crippen molar-refractivity contribution in [1.29, 1.82) is 5.26 Å². The molecule has 0 saturated heterocycles. The topological polar surface area (TPSA) is 90.8 Å². The van der Waals surface area contributed by atoms with E-state index in [0.717, 1.165) is 17.0 Å². The number of hydrogen-bond donors (Lipinski definition) is 2. The second-order valence-electron chi connectivity index (χ2n) is 4.70. The zero-order valence-corrected chi connectivity index (χ0v) is 12.6. The minimum absolute atomic E-state index is 0.0171. The summed E-state index contributed by atoms with van der Waals surface area (Å²) in [5.41, 5.74) is 2.91. The molecule has 2 aromatic rings. The van der Waals surface area contributed by atoms with E-state index in [9.17, 15) is 10.1 Å². The number of hydrogen-bond acceptors (Lipinski definition) is 4. The monoisotopic (exact) mass is 296 g/mol. The van der Waals surface area contributed by atoms with Crippen LogP contribution < -0.4 is 10.1 Å². The third kappa shape index (κ3) is 3.33. The molecule has 2 N–H and O–H groups in total. The van der Waals surface area contributed by atoms with Gasteiger partial charge >= 0.3 is 0 Å². The molecule has 1 aromatic carbocycles. The molecule has 1 amide bonds. The first kappa shape index (κ1) is 15.3. The van der Waals surface area contributed by atoms with Crippen LogP contribution >= 0.6 is 0 Å². The molecule has 112 valence electrons. The Morgan fingerprint density at radius 3 is 2.55 bits per heavy atom. The highest BCUT2D eigenvalue weighted by Gasteiger charge is 2.12. The predicted octanol–water partition coefficient (Wildman–Crippen LogP) is 2.58. The number of methoxy groups -OCH3 is 1. The largest absolute Gasteiger partial charge is 0.497 e. The number of nitrogens with one attached hydrogen (secondary N) is 2. The molecule has 0 bridgehead atoms. The number of rotatable bonds is 4. The number of aryl methyl sites for hydroxylation is 2. The van der Waals surface area contributed by atoms with Crippen molar-refractivity contribution < 1.29 is 9.53 Å². The maximum atomic E-state index is 12.2. The van der Waals surface area contributed by atoms with Crippen LogP contribution in [0.4, 0.5) is 5.69 Å². The Labute approximate surface area is 128 Å². The Hall–Kier alpha value is -3.07. The minimum atomic E-state index is -0.465. The molecule has 2 rings (SSSR count). The van der Waals surface area contributed by atoms with Crippen LogP contribution in [-0.4, -0.2) is 23.2 Å². The number of nitriles is 1. The van der Waals surface area contributed by atoms with Crippen molar-refractivity contribution in [3.05, 3.63) is 46.8 Å². The maximum absolute atomic E-state index is 12.2. The standard InChI is InChI=1S/C16H16N4O2/c1-10-15(11(2)20-19-10)8-12(9-17)16(21)18-13-4-6-14(22-3)7-5-13/h4-8H,1-3H3,(H,18,21)(H,19,20)/b12-8+. The van der Waals surface area contributed by atoms with Gasteiger partial charge in [-0.3, -0.25) is 9.89 Å². The quantitative estimate of drug-likeness (QED) is 0.670. The SMILES string of the molecule is COc1ccc(NC(=O)/C(C#N)=C/c2c(C)n[nH]c2C)cc1. The molecule has 0 spiro atoms. The van der Waals surface area contributed by atoms with Gasteiger partial charge in [-0.1, -0.05) is 0 Å². The van der Waals surface area contributed by atoms with Crippen LogP contribution in [0.1, 0.15) is 17.0 Å². The highest BCUT2D eigenvalue weighted by Crippen LogP contribution is 2.17. The Morgan fingerprint density at radius 1 is 1.36 bits per heavy atom. The van der Waals surface area contributed by atoms with Crippen molar-refractivity contribution in [2.24, 2.45) is 0 Å². The normalized spacial score (nSPS) is 10.9. The molecule has 0 aliphatic rings.